The number of rotatable bonds is 2. The number of pyridine rings is 1. The fraction of sp³-hybridized carbons (Fsp3) is 0.0909. The van der Waals surface area contributed by atoms with Crippen LogP contribution in [0.15, 0.2) is 27.4 Å². The highest BCUT2D eigenvalue weighted by molar-refractivity contribution is 9.11. The molecule has 4 nitrogen and oxygen atoms in total. The quantitative estimate of drug-likeness (QED) is 0.762. The molecule has 0 atom stereocenters. The maximum atomic E-state index is 4.48. The summed E-state index contributed by atoms with van der Waals surface area (Å²) in [6.07, 6.45) is 0. The molecule has 3 aromatic heterocycles. The normalized spacial score (nSPS) is 10.9. The number of imidazole rings is 1. The van der Waals surface area contributed by atoms with Gasteiger partial charge < -0.3 is 10.3 Å². The van der Waals surface area contributed by atoms with Crippen molar-refractivity contribution < 1.29 is 0 Å². The van der Waals surface area contributed by atoms with Crippen molar-refractivity contribution in [1.82, 2.24) is 15.0 Å². The highest BCUT2D eigenvalue weighted by Crippen LogP contribution is 2.28. The minimum absolute atomic E-state index is 0.731. The summed E-state index contributed by atoms with van der Waals surface area (Å²) in [6, 6.07) is 5.95. The molecule has 0 radical (unpaired) electrons. The van der Waals surface area contributed by atoms with E-state index in [0.29, 0.717) is 0 Å². The Kier molecular flexibility index (Phi) is 2.60. The van der Waals surface area contributed by atoms with Crippen molar-refractivity contribution >= 4 is 44.2 Å². The highest BCUT2D eigenvalue weighted by atomic mass is 79.9. The predicted octanol–water partition coefficient (Wildman–Crippen LogP) is 3.49. The molecule has 0 aromatic carbocycles. The molecule has 0 bridgehead atoms. The molecule has 0 unspecified atom stereocenters. The van der Waals surface area contributed by atoms with Crippen LogP contribution in [-0.2, 0) is 0 Å². The summed E-state index contributed by atoms with van der Waals surface area (Å²) >= 11 is 5.09. The maximum Gasteiger partial charge on any atom is 0.180 e. The number of fused-ring (bicyclic) bond motifs is 1. The van der Waals surface area contributed by atoms with Gasteiger partial charge in [-0.2, -0.15) is 0 Å². The number of nitrogens with zero attached hydrogens (tertiary/aromatic N) is 2. The van der Waals surface area contributed by atoms with Gasteiger partial charge in [0.15, 0.2) is 5.65 Å². The Hall–Kier alpha value is -1.40. The molecular formula is C11H9BrN4S. The largest absolute Gasteiger partial charge is 0.373 e. The van der Waals surface area contributed by atoms with Crippen LogP contribution < -0.4 is 5.32 Å². The lowest BCUT2D eigenvalue weighted by atomic mass is 10.3. The van der Waals surface area contributed by atoms with Gasteiger partial charge in [-0.25, -0.2) is 9.97 Å². The van der Waals surface area contributed by atoms with E-state index in [2.05, 4.69) is 41.6 Å². The van der Waals surface area contributed by atoms with E-state index in [9.17, 15) is 0 Å². The van der Waals surface area contributed by atoms with Crippen LogP contribution in [0, 0.1) is 0 Å². The zero-order valence-electron chi connectivity index (χ0n) is 8.99. The average molecular weight is 309 g/mol. The third-order valence-electron chi connectivity index (χ3n) is 2.44. The zero-order chi connectivity index (χ0) is 11.8. The van der Waals surface area contributed by atoms with Crippen molar-refractivity contribution in [2.45, 2.75) is 0 Å². The molecule has 0 spiro atoms. The first kappa shape index (κ1) is 10.7. The van der Waals surface area contributed by atoms with Gasteiger partial charge >= 0.3 is 0 Å². The lowest BCUT2D eigenvalue weighted by Gasteiger charge is -1.95. The number of H-pyrrole nitrogens is 1. The molecule has 2 N–H and O–H groups in total. The fourth-order valence-corrected chi connectivity index (χ4v) is 2.74. The minimum atomic E-state index is 0.731. The van der Waals surface area contributed by atoms with Crippen molar-refractivity contribution in [3.05, 3.63) is 27.4 Å². The second-order valence-corrected chi connectivity index (χ2v) is 5.83. The first-order chi connectivity index (χ1) is 8.26. The number of hydrogen-bond donors (Lipinski definition) is 2. The Morgan fingerprint density at radius 3 is 2.94 bits per heavy atom. The smallest absolute Gasteiger partial charge is 0.180 e. The summed E-state index contributed by atoms with van der Waals surface area (Å²) in [5.41, 5.74) is 2.75. The lowest BCUT2D eigenvalue weighted by molar-refractivity contribution is 1.29. The molecule has 17 heavy (non-hydrogen) atoms. The van der Waals surface area contributed by atoms with Crippen LogP contribution in [0.5, 0.6) is 0 Å². The summed E-state index contributed by atoms with van der Waals surface area (Å²) < 4.78 is 1.09. The van der Waals surface area contributed by atoms with Crippen molar-refractivity contribution in [2.24, 2.45) is 0 Å². The van der Waals surface area contributed by atoms with Gasteiger partial charge in [0.05, 0.1) is 9.30 Å². The van der Waals surface area contributed by atoms with Crippen LogP contribution in [0.4, 0.5) is 5.82 Å². The lowest BCUT2D eigenvalue weighted by Crippen LogP contribution is -1.91. The van der Waals surface area contributed by atoms with E-state index in [4.69, 9.17) is 0 Å². The van der Waals surface area contributed by atoms with Gasteiger partial charge in [-0.05, 0) is 34.1 Å². The topological polar surface area (TPSA) is 53.6 Å². The maximum absolute atomic E-state index is 4.48. The van der Waals surface area contributed by atoms with Gasteiger partial charge in [0, 0.05) is 18.0 Å². The van der Waals surface area contributed by atoms with Gasteiger partial charge in [-0.1, -0.05) is 0 Å². The number of halogens is 1. The van der Waals surface area contributed by atoms with Crippen LogP contribution in [-0.4, -0.2) is 22.0 Å². The third kappa shape index (κ3) is 1.94. The van der Waals surface area contributed by atoms with Gasteiger partial charge in [0.1, 0.15) is 11.6 Å². The van der Waals surface area contributed by atoms with Crippen LogP contribution in [0.2, 0.25) is 0 Å². The molecule has 3 rings (SSSR count). The predicted molar refractivity (Wildman–Crippen MR) is 74.4 cm³/mol. The summed E-state index contributed by atoms with van der Waals surface area (Å²) in [7, 11) is 1.84. The number of nitrogens with one attached hydrogen (secondary N) is 2. The molecule has 0 saturated carbocycles. The molecule has 0 aliphatic rings. The fourth-order valence-electron chi connectivity index (χ4n) is 1.60. The molecule has 3 heterocycles. The van der Waals surface area contributed by atoms with Gasteiger partial charge in [-0.15, -0.1) is 11.3 Å². The Bertz CT molecular complexity index is 673. The summed E-state index contributed by atoms with van der Waals surface area (Å²) in [4.78, 5) is 12.1. The number of aromatic nitrogens is 3. The standard InChI is InChI=1S/C11H9BrN4S/c1-13-9-3-2-7-11(15-9)16-10(14-7)6-4-8(12)17-5-6/h2-5H,1H3,(H2,13,14,15,16). The van der Waals surface area contributed by atoms with E-state index in [0.717, 1.165) is 32.2 Å². The van der Waals surface area contributed by atoms with Gasteiger partial charge in [0.25, 0.3) is 0 Å². The second-order valence-electron chi connectivity index (χ2n) is 3.54. The van der Waals surface area contributed by atoms with E-state index < -0.39 is 0 Å². The summed E-state index contributed by atoms with van der Waals surface area (Å²) in [5.74, 6) is 1.67. The van der Waals surface area contributed by atoms with E-state index in [1.165, 1.54) is 0 Å². The van der Waals surface area contributed by atoms with Crippen molar-refractivity contribution in [3.63, 3.8) is 0 Å². The van der Waals surface area contributed by atoms with Crippen molar-refractivity contribution in [2.75, 3.05) is 12.4 Å². The van der Waals surface area contributed by atoms with Crippen LogP contribution in [0.3, 0.4) is 0 Å². The zero-order valence-corrected chi connectivity index (χ0v) is 11.4. The molecule has 0 saturated heterocycles. The van der Waals surface area contributed by atoms with E-state index in [1.54, 1.807) is 11.3 Å². The molecule has 3 aromatic rings. The summed E-state index contributed by atoms with van der Waals surface area (Å²) in [6.45, 7) is 0. The molecule has 86 valence electrons. The van der Waals surface area contributed by atoms with Crippen LogP contribution in [0.25, 0.3) is 22.6 Å². The average Bonchev–Trinajstić information content (AvgIpc) is 2.93. The Morgan fingerprint density at radius 1 is 1.35 bits per heavy atom. The highest BCUT2D eigenvalue weighted by Gasteiger charge is 2.08. The Labute approximate surface area is 110 Å². The number of hydrogen-bond acceptors (Lipinski definition) is 4. The van der Waals surface area contributed by atoms with Crippen molar-refractivity contribution in [3.8, 4) is 11.4 Å². The minimum Gasteiger partial charge on any atom is -0.373 e. The van der Waals surface area contributed by atoms with E-state index in [1.807, 2.05) is 25.2 Å². The second kappa shape index (κ2) is 4.12. The molecule has 0 aliphatic heterocycles. The molecule has 0 aliphatic carbocycles. The molecule has 0 fully saturated rings. The number of anilines is 1. The first-order valence-electron chi connectivity index (χ1n) is 5.05. The molecule has 0 amide bonds. The first-order valence-corrected chi connectivity index (χ1v) is 6.72. The summed E-state index contributed by atoms with van der Waals surface area (Å²) in [5, 5.41) is 5.06. The van der Waals surface area contributed by atoms with Gasteiger partial charge in [-0.3, -0.25) is 0 Å². The van der Waals surface area contributed by atoms with Gasteiger partial charge in [0.2, 0.25) is 0 Å². The monoisotopic (exact) mass is 308 g/mol. The molecular weight excluding hydrogens is 300 g/mol. The SMILES string of the molecule is CNc1ccc2[nH]c(-c3csc(Br)c3)nc2n1. The number of thiophene rings is 1. The van der Waals surface area contributed by atoms with E-state index in [-0.39, 0.29) is 0 Å². The van der Waals surface area contributed by atoms with E-state index >= 15 is 0 Å². The Morgan fingerprint density at radius 2 is 2.24 bits per heavy atom. The Balaban J connectivity index is 2.13. The third-order valence-corrected chi connectivity index (χ3v) is 3.95. The van der Waals surface area contributed by atoms with Crippen LogP contribution >= 0.6 is 27.3 Å². The molecule has 6 heteroatoms. The van der Waals surface area contributed by atoms with Crippen LogP contribution in [0.1, 0.15) is 0 Å². The van der Waals surface area contributed by atoms with Crippen molar-refractivity contribution in [1.29, 1.82) is 0 Å². The number of aromatic amines is 1.